The highest BCUT2D eigenvalue weighted by Crippen LogP contribution is 2.59. The second-order valence-electron chi connectivity index (χ2n) is 9.07. The third kappa shape index (κ3) is 3.32. The lowest BCUT2D eigenvalue weighted by molar-refractivity contribution is -0.385. The normalized spacial score (nSPS) is 21.8. The second kappa shape index (κ2) is 7.84. The topological polar surface area (TPSA) is 132 Å². The van der Waals surface area contributed by atoms with Gasteiger partial charge in [0.2, 0.25) is 11.3 Å². The van der Waals surface area contributed by atoms with E-state index >= 15 is 0 Å². The number of benzene rings is 2. The van der Waals surface area contributed by atoms with Gasteiger partial charge in [0.1, 0.15) is 17.0 Å². The fourth-order valence-electron chi connectivity index (χ4n) is 4.82. The van der Waals surface area contributed by atoms with Crippen LogP contribution in [0.2, 0.25) is 0 Å². The number of pyridine rings is 1. The summed E-state index contributed by atoms with van der Waals surface area (Å²) in [5.74, 6) is -4.84. The number of hydrogen-bond donors (Lipinski definition) is 2. The van der Waals surface area contributed by atoms with Crippen molar-refractivity contribution in [3.05, 3.63) is 98.4 Å². The molecule has 3 aromatic rings. The van der Waals surface area contributed by atoms with E-state index < -0.39 is 56.6 Å². The van der Waals surface area contributed by atoms with Crippen LogP contribution in [-0.2, 0) is 17.5 Å². The summed E-state index contributed by atoms with van der Waals surface area (Å²) in [4.78, 5) is 41.8. The Hall–Kier alpha value is -4.32. The Labute approximate surface area is 207 Å². The minimum Gasteiger partial charge on any atom is -0.454 e. The van der Waals surface area contributed by atoms with Gasteiger partial charge in [-0.25, -0.2) is 0 Å². The van der Waals surface area contributed by atoms with Crippen molar-refractivity contribution in [1.82, 2.24) is 10.3 Å². The molecule has 0 bridgehead atoms. The van der Waals surface area contributed by atoms with Gasteiger partial charge in [-0.15, -0.1) is 0 Å². The van der Waals surface area contributed by atoms with Crippen molar-refractivity contribution in [3.8, 4) is 5.75 Å². The van der Waals surface area contributed by atoms with Gasteiger partial charge in [0.25, 0.3) is 17.4 Å². The molecule has 0 radical (unpaired) electrons. The number of nitro groups is 1. The van der Waals surface area contributed by atoms with E-state index in [1.54, 1.807) is 12.1 Å². The van der Waals surface area contributed by atoms with Crippen LogP contribution in [0, 0.1) is 10.1 Å². The molecule has 1 amide bonds. The maximum Gasteiger partial charge on any atom is 0.416 e. The van der Waals surface area contributed by atoms with E-state index in [9.17, 15) is 38.0 Å². The van der Waals surface area contributed by atoms with Crippen molar-refractivity contribution >= 4 is 17.4 Å². The zero-order valence-corrected chi connectivity index (χ0v) is 19.3. The molecule has 2 unspecified atom stereocenters. The van der Waals surface area contributed by atoms with Gasteiger partial charge in [-0.3, -0.25) is 24.7 Å². The Balaban J connectivity index is 1.72. The van der Waals surface area contributed by atoms with Crippen LogP contribution >= 0.6 is 0 Å². The number of aromatic nitrogens is 1. The molecule has 5 rings (SSSR count). The lowest BCUT2D eigenvalue weighted by Crippen LogP contribution is -2.60. The number of fused-ring (bicyclic) bond motifs is 5. The van der Waals surface area contributed by atoms with Crippen LogP contribution in [0.15, 0.2) is 54.7 Å². The third-order valence-electron chi connectivity index (χ3n) is 6.64. The number of carbonyl (C=O) groups is 2. The zero-order valence-electron chi connectivity index (χ0n) is 19.3. The molecule has 1 aromatic heterocycles. The van der Waals surface area contributed by atoms with Gasteiger partial charge in [0.15, 0.2) is 0 Å². The number of halogens is 3. The number of nitro benzene ring substituents is 1. The average molecular weight is 513 g/mol. The fraction of sp³-hybridized carbons (Fsp3) is 0.240. The van der Waals surface area contributed by atoms with E-state index in [1.807, 2.05) is 13.8 Å². The molecule has 2 heterocycles. The highest BCUT2D eigenvalue weighted by Gasteiger charge is 2.73. The Morgan fingerprint density at radius 3 is 2.54 bits per heavy atom. The summed E-state index contributed by atoms with van der Waals surface area (Å²) in [5, 5.41) is 25.9. The molecule has 190 valence electrons. The predicted octanol–water partition coefficient (Wildman–Crippen LogP) is 4.19. The molecule has 2 aromatic carbocycles. The highest BCUT2D eigenvalue weighted by atomic mass is 19.4. The van der Waals surface area contributed by atoms with E-state index in [0.717, 1.165) is 17.8 Å². The predicted molar refractivity (Wildman–Crippen MR) is 121 cm³/mol. The maximum atomic E-state index is 13.9. The van der Waals surface area contributed by atoms with Crippen LogP contribution in [-0.4, -0.2) is 26.7 Å². The van der Waals surface area contributed by atoms with Gasteiger partial charge in [-0.1, -0.05) is 38.1 Å². The summed E-state index contributed by atoms with van der Waals surface area (Å²) in [6, 6.07) is 9.39. The Morgan fingerprint density at radius 2 is 1.89 bits per heavy atom. The monoisotopic (exact) mass is 513 g/mol. The number of ether oxygens (including phenoxy) is 1. The van der Waals surface area contributed by atoms with E-state index in [4.69, 9.17) is 4.74 Å². The molecule has 0 saturated carbocycles. The summed E-state index contributed by atoms with van der Waals surface area (Å²) < 4.78 is 45.6. The minimum absolute atomic E-state index is 0.00442. The van der Waals surface area contributed by atoms with Gasteiger partial charge in [0, 0.05) is 23.4 Å². The quantitative estimate of drug-likeness (QED) is 0.395. The number of nitrogens with one attached hydrogen (secondary N) is 1. The van der Waals surface area contributed by atoms with Crippen molar-refractivity contribution in [2.75, 3.05) is 0 Å². The number of amides is 1. The highest BCUT2D eigenvalue weighted by molar-refractivity contribution is 6.15. The molecule has 2 atom stereocenters. The number of nitrogens with zero attached hydrogens (tertiary/aromatic N) is 2. The molecule has 1 aliphatic heterocycles. The molecule has 1 aliphatic carbocycles. The van der Waals surface area contributed by atoms with Crippen LogP contribution < -0.4 is 10.1 Å². The summed E-state index contributed by atoms with van der Waals surface area (Å²) in [5.41, 5.74) is -4.86. The lowest BCUT2D eigenvalue weighted by atomic mass is 9.82. The van der Waals surface area contributed by atoms with Gasteiger partial charge >= 0.3 is 6.18 Å². The van der Waals surface area contributed by atoms with Crippen LogP contribution in [0.4, 0.5) is 18.9 Å². The van der Waals surface area contributed by atoms with Gasteiger partial charge in [-0.05, 0) is 29.7 Å². The van der Waals surface area contributed by atoms with Gasteiger partial charge in [-0.2, -0.15) is 13.2 Å². The van der Waals surface area contributed by atoms with Crippen LogP contribution in [0.3, 0.4) is 0 Å². The summed E-state index contributed by atoms with van der Waals surface area (Å²) in [6.07, 6.45) is -3.99. The molecule has 9 nitrogen and oxygen atoms in total. The number of alkyl halides is 3. The fourth-order valence-corrected chi connectivity index (χ4v) is 4.82. The minimum atomic E-state index is -4.77. The molecule has 0 saturated heterocycles. The second-order valence-corrected chi connectivity index (χ2v) is 9.07. The summed E-state index contributed by atoms with van der Waals surface area (Å²) in [7, 11) is 0. The molecule has 37 heavy (non-hydrogen) atoms. The average Bonchev–Trinajstić information content (AvgIpc) is 3.20. The molecular weight excluding hydrogens is 495 g/mol. The van der Waals surface area contributed by atoms with E-state index in [2.05, 4.69) is 10.3 Å². The summed E-state index contributed by atoms with van der Waals surface area (Å²) in [6.45, 7) is 3.79. The first-order chi connectivity index (χ1) is 17.3. The smallest absolute Gasteiger partial charge is 0.416 e. The summed E-state index contributed by atoms with van der Waals surface area (Å²) >= 11 is 0. The number of rotatable bonds is 4. The number of ketones is 1. The molecular formula is C25H18F3N3O6. The third-order valence-corrected chi connectivity index (χ3v) is 6.64. The lowest BCUT2D eigenvalue weighted by Gasteiger charge is -2.34. The van der Waals surface area contributed by atoms with Crippen LogP contribution in [0.25, 0.3) is 0 Å². The van der Waals surface area contributed by atoms with E-state index in [0.29, 0.717) is 12.1 Å². The first-order valence-electron chi connectivity index (χ1n) is 11.1. The first-order valence-corrected chi connectivity index (χ1v) is 11.1. The van der Waals surface area contributed by atoms with E-state index in [1.165, 1.54) is 18.2 Å². The van der Waals surface area contributed by atoms with E-state index in [-0.39, 0.29) is 22.8 Å². The Morgan fingerprint density at radius 1 is 1.16 bits per heavy atom. The molecule has 12 heteroatoms. The Kier molecular flexibility index (Phi) is 5.16. The zero-order chi connectivity index (χ0) is 26.9. The molecule has 0 spiro atoms. The number of aliphatic hydroxyl groups is 1. The largest absolute Gasteiger partial charge is 0.454 e. The van der Waals surface area contributed by atoms with Crippen molar-refractivity contribution in [2.24, 2.45) is 0 Å². The number of carbonyl (C=O) groups excluding carboxylic acids is 2. The van der Waals surface area contributed by atoms with Crippen molar-refractivity contribution in [2.45, 2.75) is 37.3 Å². The first kappa shape index (κ1) is 24.4. The molecule has 0 fully saturated rings. The number of Topliss-reactive ketones (excluding diaryl/α,β-unsaturated/α-hetero) is 1. The maximum absolute atomic E-state index is 13.9. The Bertz CT molecular complexity index is 1510. The SMILES string of the molecule is CC(C)c1ccc2c(c1)OC1(O)c3cccc([N+](=O)[O-])c3C(=O)C21NC(=O)c1cc(C(F)(F)F)ccn1. The molecule has 2 aliphatic rings. The molecule has 2 N–H and O–H groups in total. The number of hydrogen-bond acceptors (Lipinski definition) is 7. The van der Waals surface area contributed by atoms with Gasteiger partial charge < -0.3 is 15.2 Å². The van der Waals surface area contributed by atoms with Gasteiger partial charge in [0.05, 0.1) is 10.5 Å². The van der Waals surface area contributed by atoms with Crippen molar-refractivity contribution < 1.29 is 37.5 Å². The van der Waals surface area contributed by atoms with Crippen molar-refractivity contribution in [3.63, 3.8) is 0 Å². The standard InChI is InChI=1S/C25H18F3N3O6/c1-12(2)13-6-7-15-19(10-13)37-24(34)16-4-3-5-18(31(35)36)20(16)21(32)23(15,24)30-22(33)17-11-14(8-9-29-17)25(26,27)28/h3-12,34H,1-2H3,(H,30,33). The van der Waals surface area contributed by atoms with Crippen LogP contribution in [0.5, 0.6) is 5.75 Å². The van der Waals surface area contributed by atoms with Crippen LogP contribution in [0.1, 0.15) is 62.9 Å². The van der Waals surface area contributed by atoms with Crippen molar-refractivity contribution in [1.29, 1.82) is 0 Å².